The van der Waals surface area contributed by atoms with Crippen LogP contribution in [0.3, 0.4) is 0 Å². The monoisotopic (exact) mass is 295 g/mol. The quantitative estimate of drug-likeness (QED) is 0.807. The maximum Gasteiger partial charge on any atom is 0.278 e. The molecular formula is C11H10BrN3O2. The van der Waals surface area contributed by atoms with Crippen molar-refractivity contribution in [2.24, 2.45) is 0 Å². The Balaban J connectivity index is 2.15. The Morgan fingerprint density at radius 3 is 3.00 bits per heavy atom. The molecule has 0 fully saturated rings. The summed E-state index contributed by atoms with van der Waals surface area (Å²) in [5, 5.41) is 12.3. The van der Waals surface area contributed by atoms with Crippen LogP contribution >= 0.6 is 15.9 Å². The van der Waals surface area contributed by atoms with E-state index in [1.165, 1.54) is 0 Å². The van der Waals surface area contributed by atoms with E-state index in [2.05, 4.69) is 31.2 Å². The van der Waals surface area contributed by atoms with Crippen molar-refractivity contribution in [2.75, 3.05) is 5.32 Å². The van der Waals surface area contributed by atoms with Crippen LogP contribution in [0.5, 0.6) is 5.88 Å². The van der Waals surface area contributed by atoms with Crippen LogP contribution in [0.4, 0.5) is 5.69 Å². The molecule has 0 radical (unpaired) electrons. The number of aromatic hydroxyl groups is 1. The molecule has 17 heavy (non-hydrogen) atoms. The van der Waals surface area contributed by atoms with E-state index in [0.29, 0.717) is 6.54 Å². The highest BCUT2D eigenvalue weighted by Gasteiger charge is 2.06. The molecule has 0 aliphatic carbocycles. The minimum absolute atomic E-state index is 0.0764. The van der Waals surface area contributed by atoms with E-state index in [9.17, 15) is 9.90 Å². The molecule has 3 N–H and O–H groups in total. The number of H-pyrrole nitrogens is 1. The number of hydrogen-bond acceptors (Lipinski definition) is 4. The topological polar surface area (TPSA) is 78.0 Å². The van der Waals surface area contributed by atoms with E-state index < -0.39 is 5.56 Å². The molecule has 88 valence electrons. The summed E-state index contributed by atoms with van der Waals surface area (Å²) in [4.78, 5) is 17.4. The van der Waals surface area contributed by atoms with Crippen molar-refractivity contribution in [3.05, 3.63) is 51.0 Å². The second-order valence-corrected chi connectivity index (χ2v) is 4.33. The van der Waals surface area contributed by atoms with Crippen molar-refractivity contribution in [3.63, 3.8) is 0 Å². The van der Waals surface area contributed by atoms with Gasteiger partial charge in [0.05, 0.1) is 6.33 Å². The van der Waals surface area contributed by atoms with Gasteiger partial charge in [0.25, 0.3) is 5.56 Å². The zero-order valence-corrected chi connectivity index (χ0v) is 10.4. The SMILES string of the molecule is O=c1[nH]cnc(O)c1NCc1cccc(Br)c1. The molecule has 1 aromatic heterocycles. The Morgan fingerprint density at radius 1 is 1.47 bits per heavy atom. The first-order chi connectivity index (χ1) is 8.16. The minimum Gasteiger partial charge on any atom is -0.492 e. The number of nitrogens with zero attached hydrogens (tertiary/aromatic N) is 1. The fourth-order valence-electron chi connectivity index (χ4n) is 1.39. The van der Waals surface area contributed by atoms with Gasteiger partial charge in [-0.15, -0.1) is 0 Å². The molecule has 1 heterocycles. The summed E-state index contributed by atoms with van der Waals surface area (Å²) in [6.07, 6.45) is 1.15. The maximum atomic E-state index is 11.4. The van der Waals surface area contributed by atoms with Crippen molar-refractivity contribution in [1.82, 2.24) is 9.97 Å². The van der Waals surface area contributed by atoms with Crippen molar-refractivity contribution < 1.29 is 5.11 Å². The Kier molecular flexibility index (Phi) is 3.43. The van der Waals surface area contributed by atoms with Gasteiger partial charge in [-0.2, -0.15) is 0 Å². The molecule has 0 spiro atoms. The second kappa shape index (κ2) is 5.01. The highest BCUT2D eigenvalue weighted by atomic mass is 79.9. The summed E-state index contributed by atoms with van der Waals surface area (Å²) in [5.74, 6) is -0.302. The first-order valence-electron chi connectivity index (χ1n) is 4.92. The van der Waals surface area contributed by atoms with Gasteiger partial charge >= 0.3 is 0 Å². The Hall–Kier alpha value is -1.82. The van der Waals surface area contributed by atoms with Gasteiger partial charge in [-0.1, -0.05) is 28.1 Å². The number of hydrogen-bond donors (Lipinski definition) is 3. The number of halogens is 1. The average Bonchev–Trinajstić information content (AvgIpc) is 2.28. The van der Waals surface area contributed by atoms with E-state index in [1.54, 1.807) is 0 Å². The van der Waals surface area contributed by atoms with Gasteiger partial charge in [0.15, 0.2) is 5.69 Å². The molecule has 5 nitrogen and oxygen atoms in total. The molecule has 0 bridgehead atoms. The number of aromatic amines is 1. The summed E-state index contributed by atoms with van der Waals surface area (Å²) in [6, 6.07) is 7.65. The lowest BCUT2D eigenvalue weighted by Crippen LogP contribution is -2.14. The fraction of sp³-hybridized carbons (Fsp3) is 0.0909. The van der Waals surface area contributed by atoms with E-state index >= 15 is 0 Å². The molecule has 0 saturated carbocycles. The van der Waals surface area contributed by atoms with Crippen molar-refractivity contribution in [3.8, 4) is 5.88 Å². The molecule has 0 saturated heterocycles. The number of rotatable bonds is 3. The van der Waals surface area contributed by atoms with Gasteiger partial charge in [-0.25, -0.2) is 4.98 Å². The minimum atomic E-state index is -0.396. The largest absolute Gasteiger partial charge is 0.492 e. The molecule has 1 aromatic carbocycles. The lowest BCUT2D eigenvalue weighted by Gasteiger charge is -2.06. The van der Waals surface area contributed by atoms with Gasteiger partial charge in [0.2, 0.25) is 5.88 Å². The van der Waals surface area contributed by atoms with Crippen LogP contribution in [0.25, 0.3) is 0 Å². The van der Waals surface area contributed by atoms with Crippen LogP contribution in [0.2, 0.25) is 0 Å². The summed E-state index contributed by atoms with van der Waals surface area (Å²) in [5.41, 5.74) is 0.669. The highest BCUT2D eigenvalue weighted by molar-refractivity contribution is 9.10. The molecule has 0 atom stereocenters. The van der Waals surface area contributed by atoms with Gasteiger partial charge < -0.3 is 15.4 Å². The Bertz CT molecular complexity index is 583. The molecular weight excluding hydrogens is 286 g/mol. The third kappa shape index (κ3) is 2.85. The first kappa shape index (κ1) is 11.7. The summed E-state index contributed by atoms with van der Waals surface area (Å²) in [6.45, 7) is 0.432. The molecule has 0 unspecified atom stereocenters. The summed E-state index contributed by atoms with van der Waals surface area (Å²) in [7, 11) is 0. The predicted octanol–water partition coefficient (Wildman–Crippen LogP) is 1.85. The molecule has 0 aliphatic heterocycles. The van der Waals surface area contributed by atoms with E-state index in [4.69, 9.17) is 0 Å². The number of nitrogens with one attached hydrogen (secondary N) is 2. The van der Waals surface area contributed by atoms with Gasteiger partial charge in [0, 0.05) is 11.0 Å². The number of benzene rings is 1. The standard InChI is InChI=1S/C11H10BrN3O2/c12-8-3-1-2-7(4-8)5-13-9-10(16)14-6-15-11(9)17/h1-4,6,13H,5H2,(H2,14,15,16,17). The zero-order valence-electron chi connectivity index (χ0n) is 8.77. The van der Waals surface area contributed by atoms with Crippen LogP contribution < -0.4 is 10.9 Å². The first-order valence-corrected chi connectivity index (χ1v) is 5.71. The lowest BCUT2D eigenvalue weighted by molar-refractivity contribution is 0.453. The second-order valence-electron chi connectivity index (χ2n) is 3.41. The van der Waals surface area contributed by atoms with Gasteiger partial charge in [0.1, 0.15) is 0 Å². The number of anilines is 1. The maximum absolute atomic E-state index is 11.4. The highest BCUT2D eigenvalue weighted by Crippen LogP contribution is 2.16. The van der Waals surface area contributed by atoms with Gasteiger partial charge in [-0.05, 0) is 17.7 Å². The predicted molar refractivity (Wildman–Crippen MR) is 68.0 cm³/mol. The summed E-state index contributed by atoms with van der Waals surface area (Å²) < 4.78 is 0.959. The molecule has 0 amide bonds. The smallest absolute Gasteiger partial charge is 0.278 e. The average molecular weight is 296 g/mol. The van der Waals surface area contributed by atoms with Gasteiger partial charge in [-0.3, -0.25) is 4.79 Å². The van der Waals surface area contributed by atoms with E-state index in [-0.39, 0.29) is 11.6 Å². The Morgan fingerprint density at radius 2 is 2.29 bits per heavy atom. The molecule has 0 aliphatic rings. The third-order valence-electron chi connectivity index (χ3n) is 2.19. The Labute approximate surface area is 106 Å². The van der Waals surface area contributed by atoms with Crippen molar-refractivity contribution >= 4 is 21.6 Å². The van der Waals surface area contributed by atoms with Crippen molar-refractivity contribution in [2.45, 2.75) is 6.54 Å². The lowest BCUT2D eigenvalue weighted by atomic mass is 10.2. The molecule has 6 heteroatoms. The van der Waals surface area contributed by atoms with Crippen LogP contribution in [0, 0.1) is 0 Å². The number of aromatic nitrogens is 2. The van der Waals surface area contributed by atoms with Crippen LogP contribution in [-0.4, -0.2) is 15.1 Å². The van der Waals surface area contributed by atoms with Crippen LogP contribution in [0.1, 0.15) is 5.56 Å². The van der Waals surface area contributed by atoms with Crippen LogP contribution in [0.15, 0.2) is 39.9 Å². The summed E-state index contributed by atoms with van der Waals surface area (Å²) >= 11 is 3.36. The molecule has 2 aromatic rings. The normalized spacial score (nSPS) is 10.2. The van der Waals surface area contributed by atoms with E-state index in [1.807, 2.05) is 24.3 Å². The molecule has 2 rings (SSSR count). The van der Waals surface area contributed by atoms with Crippen molar-refractivity contribution in [1.29, 1.82) is 0 Å². The zero-order chi connectivity index (χ0) is 12.3. The third-order valence-corrected chi connectivity index (χ3v) is 2.68. The van der Waals surface area contributed by atoms with E-state index in [0.717, 1.165) is 16.4 Å². The fourth-order valence-corrected chi connectivity index (χ4v) is 1.83. The van der Waals surface area contributed by atoms with Crippen LogP contribution in [-0.2, 0) is 6.54 Å².